The Morgan fingerprint density at radius 2 is 0.791 bits per heavy atom. The summed E-state index contributed by atoms with van der Waals surface area (Å²) in [6, 6.07) is 81.9. The Labute approximate surface area is 388 Å². The Morgan fingerprint density at radius 1 is 0.328 bits per heavy atom. The molecule has 2 heterocycles. The number of benzene rings is 10. The minimum Gasteiger partial charge on any atom is -0.455 e. The summed E-state index contributed by atoms with van der Waals surface area (Å²) in [7, 11) is 0. The quantitative estimate of drug-likeness (QED) is 0.173. The number of hydrogen-bond acceptors (Lipinski definition) is 3. The van der Waals surface area contributed by atoms with Crippen molar-refractivity contribution in [3.63, 3.8) is 0 Å². The summed E-state index contributed by atoms with van der Waals surface area (Å²) in [6.45, 7) is 4.76. The molecule has 3 heteroatoms. The van der Waals surface area contributed by atoms with Crippen molar-refractivity contribution in [3.05, 3.63) is 258 Å². The first-order chi connectivity index (χ1) is 33.0. The largest absolute Gasteiger partial charge is 0.455 e. The molecule has 0 unspecified atom stereocenters. The van der Waals surface area contributed by atoms with E-state index in [0.717, 1.165) is 77.6 Å². The lowest BCUT2D eigenvalue weighted by atomic mass is 9.55. The Kier molecular flexibility index (Phi) is 7.95. The Morgan fingerprint density at radius 3 is 1.45 bits per heavy atom. The topological polar surface area (TPSA) is 29.5 Å². The highest BCUT2D eigenvalue weighted by Gasteiger charge is 2.53. The number of fused-ring (bicyclic) bond motifs is 15. The molecule has 1 spiro atoms. The van der Waals surface area contributed by atoms with Crippen LogP contribution in [0.3, 0.4) is 0 Å². The van der Waals surface area contributed by atoms with Gasteiger partial charge >= 0.3 is 0 Å². The van der Waals surface area contributed by atoms with Crippen molar-refractivity contribution in [2.45, 2.75) is 24.7 Å². The normalized spacial score (nSPS) is 14.1. The molecule has 14 rings (SSSR count). The highest BCUT2D eigenvalue weighted by atomic mass is 16.3. The van der Waals surface area contributed by atoms with Gasteiger partial charge in [-0.2, -0.15) is 0 Å². The standard InChI is InChI=1S/C64H43NO2/c1-63(2)53-22-7-9-24-55(53)64(56-25-10-8-23-54(56)63)52-21-6-3-15-46(52)47-38-33-42(39-57(47)64)40-29-34-43(35-30-40)65(58-26-14-20-51-49-17-5-12-28-60(49)67-62(51)58)44-36-31-41(32-37-44)45-18-13-19-50-48-16-4-11-27-59(48)66-61(45)50/h3-39H,1-2H3. The number of rotatable bonds is 5. The summed E-state index contributed by atoms with van der Waals surface area (Å²) in [4.78, 5) is 2.33. The fourth-order valence-electron chi connectivity index (χ4n) is 11.9. The molecule has 2 aromatic heterocycles. The van der Waals surface area contributed by atoms with Crippen LogP contribution in [0, 0.1) is 0 Å². The average Bonchev–Trinajstić information content (AvgIpc) is 4.05. The summed E-state index contributed by atoms with van der Waals surface area (Å²) >= 11 is 0. The molecule has 0 saturated heterocycles. The first-order valence-electron chi connectivity index (χ1n) is 23.2. The van der Waals surface area contributed by atoms with E-state index in [1.165, 1.54) is 50.1 Å². The van der Waals surface area contributed by atoms with Crippen molar-refractivity contribution >= 4 is 60.9 Å². The number of anilines is 3. The maximum atomic E-state index is 6.70. The number of furan rings is 2. The molecule has 0 fully saturated rings. The zero-order chi connectivity index (χ0) is 44.4. The van der Waals surface area contributed by atoms with Gasteiger partial charge < -0.3 is 13.7 Å². The van der Waals surface area contributed by atoms with Crippen molar-refractivity contribution in [1.29, 1.82) is 0 Å². The van der Waals surface area contributed by atoms with Crippen LogP contribution in [0.2, 0.25) is 0 Å². The highest BCUT2D eigenvalue weighted by molar-refractivity contribution is 6.11. The summed E-state index contributed by atoms with van der Waals surface area (Å²) in [5.41, 5.74) is 21.2. The fourth-order valence-corrected chi connectivity index (χ4v) is 11.9. The maximum Gasteiger partial charge on any atom is 0.159 e. The van der Waals surface area contributed by atoms with Crippen LogP contribution in [-0.2, 0) is 10.8 Å². The van der Waals surface area contributed by atoms with E-state index in [9.17, 15) is 0 Å². The van der Waals surface area contributed by atoms with Crippen LogP contribution in [0.5, 0.6) is 0 Å². The van der Waals surface area contributed by atoms with E-state index in [2.05, 4.69) is 225 Å². The van der Waals surface area contributed by atoms with Crippen LogP contribution in [0.25, 0.3) is 77.3 Å². The van der Waals surface area contributed by atoms with Crippen LogP contribution in [0.4, 0.5) is 17.1 Å². The van der Waals surface area contributed by atoms with E-state index in [1.807, 2.05) is 18.2 Å². The Bertz CT molecular complexity index is 3910. The van der Waals surface area contributed by atoms with E-state index in [-0.39, 0.29) is 5.41 Å². The van der Waals surface area contributed by atoms with Gasteiger partial charge in [-0.1, -0.05) is 190 Å². The van der Waals surface area contributed by atoms with Gasteiger partial charge in [-0.05, 0) is 110 Å². The lowest BCUT2D eigenvalue weighted by molar-refractivity contribution is 0.563. The van der Waals surface area contributed by atoms with Gasteiger partial charge in [0.25, 0.3) is 0 Å². The van der Waals surface area contributed by atoms with Gasteiger partial charge in [-0.3, -0.25) is 0 Å². The van der Waals surface area contributed by atoms with Crippen molar-refractivity contribution in [3.8, 4) is 33.4 Å². The molecule has 0 radical (unpaired) electrons. The lowest BCUT2D eigenvalue weighted by Crippen LogP contribution is -2.40. The monoisotopic (exact) mass is 857 g/mol. The highest BCUT2D eigenvalue weighted by Crippen LogP contribution is 2.62. The average molecular weight is 858 g/mol. The second kappa shape index (κ2) is 14.1. The van der Waals surface area contributed by atoms with Gasteiger partial charge in [0, 0.05) is 43.9 Å². The molecule has 12 aromatic rings. The van der Waals surface area contributed by atoms with Crippen LogP contribution in [-0.4, -0.2) is 0 Å². The van der Waals surface area contributed by atoms with Gasteiger partial charge in [0.2, 0.25) is 0 Å². The maximum absolute atomic E-state index is 6.70. The zero-order valence-corrected chi connectivity index (χ0v) is 37.1. The predicted molar refractivity (Wildman–Crippen MR) is 276 cm³/mol. The molecule has 0 N–H and O–H groups in total. The van der Waals surface area contributed by atoms with Gasteiger partial charge in [-0.25, -0.2) is 0 Å². The number of hydrogen-bond donors (Lipinski definition) is 0. The molecule has 10 aromatic carbocycles. The smallest absolute Gasteiger partial charge is 0.159 e. The van der Waals surface area contributed by atoms with Gasteiger partial charge in [0.05, 0.1) is 11.1 Å². The summed E-state index contributed by atoms with van der Waals surface area (Å²) in [5, 5.41) is 4.44. The van der Waals surface area contributed by atoms with Crippen molar-refractivity contribution in [2.75, 3.05) is 4.90 Å². The molecule has 0 atom stereocenters. The Balaban J connectivity index is 0.914. The molecule has 2 aliphatic rings. The van der Waals surface area contributed by atoms with E-state index in [0.29, 0.717) is 0 Å². The molecule has 3 nitrogen and oxygen atoms in total. The first kappa shape index (κ1) is 37.9. The van der Waals surface area contributed by atoms with E-state index in [1.54, 1.807) is 0 Å². The molecule has 0 bridgehead atoms. The second-order valence-electron chi connectivity index (χ2n) is 18.7. The van der Waals surface area contributed by atoms with Crippen LogP contribution >= 0.6 is 0 Å². The molecular weight excluding hydrogens is 815 g/mol. The molecule has 316 valence electrons. The number of nitrogens with zero attached hydrogens (tertiary/aromatic N) is 1. The van der Waals surface area contributed by atoms with Crippen LogP contribution < -0.4 is 4.90 Å². The second-order valence-corrected chi connectivity index (χ2v) is 18.7. The Hall–Kier alpha value is -8.40. The van der Waals surface area contributed by atoms with Crippen LogP contribution in [0.1, 0.15) is 47.2 Å². The molecular formula is C64H43NO2. The molecule has 0 aliphatic heterocycles. The molecule has 67 heavy (non-hydrogen) atoms. The van der Waals surface area contributed by atoms with Crippen LogP contribution in [0.15, 0.2) is 233 Å². The minimum absolute atomic E-state index is 0.148. The third kappa shape index (κ3) is 5.28. The summed E-state index contributed by atoms with van der Waals surface area (Å²) in [6.07, 6.45) is 0. The fraction of sp³-hybridized carbons (Fsp3) is 0.0625. The van der Waals surface area contributed by atoms with E-state index >= 15 is 0 Å². The third-order valence-electron chi connectivity index (χ3n) is 15.0. The van der Waals surface area contributed by atoms with Gasteiger partial charge in [0.15, 0.2) is 5.58 Å². The summed E-state index contributed by atoms with van der Waals surface area (Å²) in [5.74, 6) is 0. The van der Waals surface area contributed by atoms with E-state index in [4.69, 9.17) is 8.83 Å². The molecule has 2 aliphatic carbocycles. The molecule has 0 saturated carbocycles. The van der Waals surface area contributed by atoms with Crippen molar-refractivity contribution in [2.24, 2.45) is 0 Å². The van der Waals surface area contributed by atoms with E-state index < -0.39 is 5.41 Å². The lowest BCUT2D eigenvalue weighted by Gasteiger charge is -2.46. The minimum atomic E-state index is -0.450. The molecule has 0 amide bonds. The SMILES string of the molecule is CC1(C)c2ccccc2C2(c3ccccc3-c3ccc(-c4ccc(N(c5ccc(-c6cccc7c6oc6ccccc67)cc5)c5cccc6c5oc5ccccc56)cc4)cc32)c2ccccc21. The zero-order valence-electron chi connectivity index (χ0n) is 37.1. The van der Waals surface area contributed by atoms with Gasteiger partial charge in [-0.15, -0.1) is 0 Å². The summed E-state index contributed by atoms with van der Waals surface area (Å²) < 4.78 is 13.2. The number of para-hydroxylation sites is 4. The van der Waals surface area contributed by atoms with Crippen molar-refractivity contribution < 1.29 is 8.83 Å². The van der Waals surface area contributed by atoms with Gasteiger partial charge in [0.1, 0.15) is 16.7 Å². The predicted octanol–water partition coefficient (Wildman–Crippen LogP) is 17.3. The van der Waals surface area contributed by atoms with Crippen molar-refractivity contribution in [1.82, 2.24) is 0 Å². The first-order valence-corrected chi connectivity index (χ1v) is 23.2. The third-order valence-corrected chi connectivity index (χ3v) is 15.0.